The molecule has 2 N–H and O–H groups in total. The van der Waals surface area contributed by atoms with Crippen LogP contribution in [0.5, 0.6) is 0 Å². The Kier molecular flexibility index (Phi) is 5.94. The van der Waals surface area contributed by atoms with Crippen molar-refractivity contribution in [3.05, 3.63) is 52.3 Å². The van der Waals surface area contributed by atoms with Gasteiger partial charge in [-0.3, -0.25) is 10.1 Å². The number of Topliss-reactive ketones (excluding diaryl/α,β-unsaturated/α-hetero) is 1. The average Bonchev–Trinajstić information content (AvgIpc) is 3.28. The maximum absolute atomic E-state index is 13.0. The molecule has 174 valence electrons. The number of amides is 1. The SMILES string of the molecule is Cc1c(NC(=O)OC(C)(C)C)ccc2nc(N3CCNCC3C(=O)c3ccoc3)oc(=O)c12. The first-order chi connectivity index (χ1) is 15.6. The zero-order valence-electron chi connectivity index (χ0n) is 18.9. The summed E-state index contributed by atoms with van der Waals surface area (Å²) in [4.78, 5) is 44.3. The van der Waals surface area contributed by atoms with Crippen LogP contribution in [0, 0.1) is 6.92 Å². The molecule has 1 amide bonds. The van der Waals surface area contributed by atoms with Gasteiger partial charge < -0.3 is 23.8 Å². The predicted molar refractivity (Wildman–Crippen MR) is 122 cm³/mol. The molecule has 1 aliphatic rings. The van der Waals surface area contributed by atoms with E-state index < -0.39 is 23.4 Å². The topological polar surface area (TPSA) is 127 Å². The number of benzene rings is 1. The van der Waals surface area contributed by atoms with Crippen LogP contribution in [0.4, 0.5) is 16.5 Å². The number of piperazine rings is 1. The van der Waals surface area contributed by atoms with Gasteiger partial charge in [-0.05, 0) is 51.5 Å². The molecule has 3 heterocycles. The van der Waals surface area contributed by atoms with Crippen LogP contribution in [-0.4, -0.2) is 48.1 Å². The number of nitrogens with zero attached hydrogens (tertiary/aromatic N) is 2. The standard InChI is InChI=1S/C23H26N4O6/c1-13-15(26-22(30)33-23(2,3)4)5-6-16-18(13)20(29)32-21(25-16)27-9-8-24-11-17(27)19(28)14-7-10-31-12-14/h5-7,10,12,17,24H,8-9,11H2,1-4H3,(H,26,30). The van der Waals surface area contributed by atoms with E-state index in [0.717, 1.165) is 0 Å². The van der Waals surface area contributed by atoms with Gasteiger partial charge in [0.2, 0.25) is 0 Å². The van der Waals surface area contributed by atoms with Crippen molar-refractivity contribution in [2.24, 2.45) is 0 Å². The second-order valence-corrected chi connectivity index (χ2v) is 8.83. The molecular weight excluding hydrogens is 428 g/mol. The van der Waals surface area contributed by atoms with Gasteiger partial charge in [-0.1, -0.05) is 0 Å². The number of furan rings is 1. The van der Waals surface area contributed by atoms with Crippen molar-refractivity contribution in [3.63, 3.8) is 0 Å². The second-order valence-electron chi connectivity index (χ2n) is 8.83. The Labute approximate surface area is 189 Å². The molecule has 3 aromatic rings. The van der Waals surface area contributed by atoms with Crippen LogP contribution in [0.15, 0.2) is 44.4 Å². The summed E-state index contributed by atoms with van der Waals surface area (Å²) in [6.45, 7) is 8.42. The predicted octanol–water partition coefficient (Wildman–Crippen LogP) is 3.10. The zero-order valence-corrected chi connectivity index (χ0v) is 18.9. The van der Waals surface area contributed by atoms with Crippen molar-refractivity contribution in [1.29, 1.82) is 0 Å². The number of nitrogens with one attached hydrogen (secondary N) is 2. The summed E-state index contributed by atoms with van der Waals surface area (Å²) < 4.78 is 15.9. The number of carbonyl (C=O) groups is 2. The summed E-state index contributed by atoms with van der Waals surface area (Å²) in [7, 11) is 0. The molecular formula is C23H26N4O6. The number of fused-ring (bicyclic) bond motifs is 1. The van der Waals surface area contributed by atoms with Gasteiger partial charge in [0.25, 0.3) is 0 Å². The van der Waals surface area contributed by atoms with Gasteiger partial charge in [0.1, 0.15) is 17.9 Å². The van der Waals surface area contributed by atoms with Crippen molar-refractivity contribution in [2.75, 3.05) is 29.9 Å². The summed E-state index contributed by atoms with van der Waals surface area (Å²) in [6.07, 6.45) is 2.20. The Morgan fingerprint density at radius 2 is 2.06 bits per heavy atom. The molecule has 1 aliphatic heterocycles. The summed E-state index contributed by atoms with van der Waals surface area (Å²) in [5, 5.41) is 6.10. The molecule has 0 saturated carbocycles. The third kappa shape index (κ3) is 4.75. The third-order valence-corrected chi connectivity index (χ3v) is 5.28. The fourth-order valence-corrected chi connectivity index (χ4v) is 3.74. The number of carbonyl (C=O) groups excluding carboxylic acids is 2. The number of aromatic nitrogens is 1. The fraction of sp³-hybridized carbons (Fsp3) is 0.391. The van der Waals surface area contributed by atoms with E-state index >= 15 is 0 Å². The van der Waals surface area contributed by atoms with Crippen LogP contribution in [0.2, 0.25) is 0 Å². The molecule has 2 aromatic heterocycles. The van der Waals surface area contributed by atoms with Crippen molar-refractivity contribution in [3.8, 4) is 0 Å². The maximum atomic E-state index is 13.0. The van der Waals surface area contributed by atoms with Crippen LogP contribution in [0.1, 0.15) is 36.7 Å². The van der Waals surface area contributed by atoms with E-state index in [9.17, 15) is 14.4 Å². The summed E-state index contributed by atoms with van der Waals surface area (Å²) >= 11 is 0. The van der Waals surface area contributed by atoms with Gasteiger partial charge in [-0.2, -0.15) is 4.98 Å². The lowest BCUT2D eigenvalue weighted by Crippen LogP contribution is -2.55. The minimum Gasteiger partial charge on any atom is -0.472 e. The van der Waals surface area contributed by atoms with E-state index in [1.165, 1.54) is 12.5 Å². The monoisotopic (exact) mass is 454 g/mol. The molecule has 1 atom stereocenters. The van der Waals surface area contributed by atoms with Gasteiger partial charge in [0.15, 0.2) is 5.78 Å². The smallest absolute Gasteiger partial charge is 0.412 e. The first-order valence-electron chi connectivity index (χ1n) is 10.6. The summed E-state index contributed by atoms with van der Waals surface area (Å²) in [5.74, 6) is -0.159. The van der Waals surface area contributed by atoms with Gasteiger partial charge in [0, 0.05) is 25.3 Å². The van der Waals surface area contributed by atoms with Crippen molar-refractivity contribution < 1.29 is 23.2 Å². The number of hydrogen-bond donors (Lipinski definition) is 2. The van der Waals surface area contributed by atoms with E-state index in [2.05, 4.69) is 15.6 Å². The zero-order chi connectivity index (χ0) is 23.8. The van der Waals surface area contributed by atoms with E-state index in [4.69, 9.17) is 13.6 Å². The molecule has 0 bridgehead atoms. The van der Waals surface area contributed by atoms with Crippen LogP contribution < -0.4 is 21.2 Å². The normalized spacial score (nSPS) is 16.6. The van der Waals surface area contributed by atoms with Crippen molar-refractivity contribution in [1.82, 2.24) is 10.3 Å². The Morgan fingerprint density at radius 1 is 1.27 bits per heavy atom. The minimum atomic E-state index is -0.655. The highest BCUT2D eigenvalue weighted by atomic mass is 16.6. The van der Waals surface area contributed by atoms with Gasteiger partial charge in [-0.15, -0.1) is 0 Å². The van der Waals surface area contributed by atoms with Gasteiger partial charge >= 0.3 is 17.7 Å². The lowest BCUT2D eigenvalue weighted by molar-refractivity contribution is 0.0635. The van der Waals surface area contributed by atoms with E-state index in [0.29, 0.717) is 42.0 Å². The number of ketones is 1. The van der Waals surface area contributed by atoms with Crippen LogP contribution in [0.25, 0.3) is 10.9 Å². The molecule has 4 rings (SSSR count). The fourth-order valence-electron chi connectivity index (χ4n) is 3.74. The average molecular weight is 454 g/mol. The lowest BCUT2D eigenvalue weighted by Gasteiger charge is -2.34. The Bertz CT molecular complexity index is 1240. The number of rotatable bonds is 4. The third-order valence-electron chi connectivity index (χ3n) is 5.28. The number of ether oxygens (including phenoxy) is 1. The molecule has 1 aromatic carbocycles. The van der Waals surface area contributed by atoms with Gasteiger partial charge in [0.05, 0.1) is 22.7 Å². The van der Waals surface area contributed by atoms with Crippen LogP contribution >= 0.6 is 0 Å². The van der Waals surface area contributed by atoms with Crippen molar-refractivity contribution in [2.45, 2.75) is 39.3 Å². The molecule has 10 nitrogen and oxygen atoms in total. The molecule has 1 fully saturated rings. The highest BCUT2D eigenvalue weighted by Crippen LogP contribution is 2.26. The largest absolute Gasteiger partial charge is 0.472 e. The molecule has 33 heavy (non-hydrogen) atoms. The van der Waals surface area contributed by atoms with E-state index in [1.54, 1.807) is 50.8 Å². The molecule has 10 heteroatoms. The Morgan fingerprint density at radius 3 is 2.76 bits per heavy atom. The second kappa shape index (κ2) is 8.70. The maximum Gasteiger partial charge on any atom is 0.412 e. The number of aryl methyl sites for hydroxylation is 1. The molecule has 1 saturated heterocycles. The van der Waals surface area contributed by atoms with E-state index in [-0.39, 0.29) is 17.2 Å². The summed E-state index contributed by atoms with van der Waals surface area (Å²) in [5.41, 5.74) is 0.518. The first kappa shape index (κ1) is 22.5. The molecule has 0 spiro atoms. The molecule has 1 unspecified atom stereocenters. The quantitative estimate of drug-likeness (QED) is 0.572. The first-order valence-corrected chi connectivity index (χ1v) is 10.6. The Hall–Kier alpha value is -3.66. The van der Waals surface area contributed by atoms with E-state index in [1.807, 2.05) is 0 Å². The highest BCUT2D eigenvalue weighted by Gasteiger charge is 2.33. The van der Waals surface area contributed by atoms with Crippen LogP contribution in [-0.2, 0) is 4.74 Å². The summed E-state index contributed by atoms with van der Waals surface area (Å²) in [6, 6.07) is 4.36. The minimum absolute atomic E-state index is 0.0723. The Balaban J connectivity index is 1.67. The number of hydrogen-bond acceptors (Lipinski definition) is 9. The van der Waals surface area contributed by atoms with Crippen LogP contribution in [0.3, 0.4) is 0 Å². The van der Waals surface area contributed by atoms with Crippen molar-refractivity contribution >= 4 is 34.5 Å². The number of anilines is 2. The molecule has 0 aliphatic carbocycles. The lowest BCUT2D eigenvalue weighted by atomic mass is 10.0. The van der Waals surface area contributed by atoms with Gasteiger partial charge in [-0.25, -0.2) is 9.59 Å². The molecule has 0 radical (unpaired) electrons. The highest BCUT2D eigenvalue weighted by molar-refractivity contribution is 6.02.